The molecule has 0 spiro atoms. The quantitative estimate of drug-likeness (QED) is 0.421. The summed E-state index contributed by atoms with van der Waals surface area (Å²) in [6, 6.07) is 15.7. The van der Waals surface area contributed by atoms with E-state index in [0.717, 1.165) is 65.5 Å². The zero-order valence-electron chi connectivity index (χ0n) is 20.7. The zero-order valence-corrected chi connectivity index (χ0v) is 20.7. The molecular weight excluding hydrogens is 440 g/mol. The van der Waals surface area contributed by atoms with Crippen molar-refractivity contribution in [3.63, 3.8) is 0 Å². The minimum Gasteiger partial charge on any atom is -0.497 e. The fraction of sp³-hybridized carbons (Fsp3) is 0.370. The van der Waals surface area contributed by atoms with Crippen molar-refractivity contribution < 1.29 is 9.47 Å². The van der Waals surface area contributed by atoms with Crippen LogP contribution in [0.4, 0.5) is 5.82 Å². The van der Waals surface area contributed by atoms with Gasteiger partial charge in [0.05, 0.1) is 18.5 Å². The molecule has 3 heterocycles. The zero-order chi connectivity index (χ0) is 24.6. The Morgan fingerprint density at radius 1 is 0.886 bits per heavy atom. The molecule has 0 atom stereocenters. The van der Waals surface area contributed by atoms with E-state index in [1.807, 2.05) is 48.5 Å². The van der Waals surface area contributed by atoms with Gasteiger partial charge in [-0.2, -0.15) is 5.10 Å². The summed E-state index contributed by atoms with van der Waals surface area (Å²) >= 11 is 0. The number of piperidine rings is 1. The fourth-order valence-electron chi connectivity index (χ4n) is 4.69. The number of aromatic nitrogens is 4. The van der Waals surface area contributed by atoms with Gasteiger partial charge in [0.25, 0.3) is 0 Å². The van der Waals surface area contributed by atoms with Gasteiger partial charge in [0.15, 0.2) is 5.65 Å². The molecule has 0 radical (unpaired) electrons. The van der Waals surface area contributed by atoms with Crippen LogP contribution in [0.25, 0.3) is 22.3 Å². The number of hydrogen-bond acceptors (Lipinski definition) is 7. The Balaban J connectivity index is 1.42. The monoisotopic (exact) mass is 472 g/mol. The molecule has 1 aliphatic rings. The van der Waals surface area contributed by atoms with E-state index in [1.54, 1.807) is 7.11 Å². The van der Waals surface area contributed by atoms with E-state index in [9.17, 15) is 0 Å². The highest BCUT2D eigenvalue weighted by atomic mass is 16.5. The summed E-state index contributed by atoms with van der Waals surface area (Å²) < 4.78 is 13.2. The Bertz CT molecular complexity index is 1300. The van der Waals surface area contributed by atoms with Crippen molar-refractivity contribution in [2.45, 2.75) is 45.2 Å². The highest BCUT2D eigenvalue weighted by Gasteiger charge is 2.30. The van der Waals surface area contributed by atoms with Crippen LogP contribution in [0, 0.1) is 0 Å². The lowest BCUT2D eigenvalue weighted by Gasteiger charge is -2.40. The summed E-state index contributed by atoms with van der Waals surface area (Å²) in [6.45, 7) is 8.87. The van der Waals surface area contributed by atoms with Crippen LogP contribution < -0.4 is 15.2 Å². The molecule has 35 heavy (non-hydrogen) atoms. The maximum atomic E-state index is 6.32. The van der Waals surface area contributed by atoms with Crippen LogP contribution in [-0.2, 0) is 0 Å². The van der Waals surface area contributed by atoms with Gasteiger partial charge in [-0.15, -0.1) is 0 Å². The predicted molar refractivity (Wildman–Crippen MR) is 138 cm³/mol. The van der Waals surface area contributed by atoms with E-state index in [1.165, 1.54) is 6.33 Å². The van der Waals surface area contributed by atoms with Gasteiger partial charge in [-0.3, -0.25) is 4.90 Å². The second-order valence-electron chi connectivity index (χ2n) is 9.94. The van der Waals surface area contributed by atoms with Crippen LogP contribution in [-0.4, -0.2) is 50.4 Å². The molecule has 2 N–H and O–H groups in total. The van der Waals surface area contributed by atoms with Crippen LogP contribution in [0.3, 0.4) is 0 Å². The summed E-state index contributed by atoms with van der Waals surface area (Å²) in [4.78, 5) is 11.4. The lowest BCUT2D eigenvalue weighted by Crippen LogP contribution is -2.46. The van der Waals surface area contributed by atoms with Gasteiger partial charge < -0.3 is 15.2 Å². The Morgan fingerprint density at radius 2 is 1.49 bits per heavy atom. The molecule has 5 rings (SSSR count). The molecule has 0 amide bonds. The van der Waals surface area contributed by atoms with Gasteiger partial charge in [0.1, 0.15) is 35.1 Å². The number of methoxy groups -OCH3 is 1. The van der Waals surface area contributed by atoms with Gasteiger partial charge in [0, 0.05) is 24.2 Å². The molecule has 4 aromatic rings. The maximum Gasteiger partial charge on any atom is 0.164 e. The summed E-state index contributed by atoms with van der Waals surface area (Å²) in [6.07, 6.45) is 3.56. The number of fused-ring (bicyclic) bond motifs is 1. The lowest BCUT2D eigenvalue weighted by atomic mass is 9.98. The normalized spacial score (nSPS) is 15.4. The number of rotatable bonds is 5. The molecule has 2 aromatic heterocycles. The van der Waals surface area contributed by atoms with Gasteiger partial charge in [-0.05, 0) is 82.1 Å². The fourth-order valence-corrected chi connectivity index (χ4v) is 4.69. The van der Waals surface area contributed by atoms with E-state index in [4.69, 9.17) is 20.3 Å². The summed E-state index contributed by atoms with van der Waals surface area (Å²) in [5, 5.41) is 5.83. The third kappa shape index (κ3) is 4.66. The number of nitrogens with two attached hydrogens (primary N) is 1. The summed E-state index contributed by atoms with van der Waals surface area (Å²) in [7, 11) is 1.65. The Labute approximate surface area is 205 Å². The molecule has 2 aromatic carbocycles. The van der Waals surface area contributed by atoms with E-state index < -0.39 is 0 Å². The highest BCUT2D eigenvalue weighted by molar-refractivity contribution is 5.98. The van der Waals surface area contributed by atoms with Crippen molar-refractivity contribution in [3.05, 3.63) is 54.9 Å². The Hall–Kier alpha value is -3.65. The van der Waals surface area contributed by atoms with E-state index in [0.29, 0.717) is 5.82 Å². The highest BCUT2D eigenvalue weighted by Crippen LogP contribution is 2.36. The molecule has 1 fully saturated rings. The van der Waals surface area contributed by atoms with Crippen molar-refractivity contribution >= 4 is 16.9 Å². The van der Waals surface area contributed by atoms with Crippen LogP contribution >= 0.6 is 0 Å². The minimum atomic E-state index is 0.171. The predicted octanol–water partition coefficient (Wildman–Crippen LogP) is 5.31. The summed E-state index contributed by atoms with van der Waals surface area (Å²) in [5.74, 6) is 2.72. The van der Waals surface area contributed by atoms with Crippen LogP contribution in [0.2, 0.25) is 0 Å². The number of anilines is 1. The molecule has 0 bridgehead atoms. The lowest BCUT2D eigenvalue weighted by molar-refractivity contribution is 0.0880. The van der Waals surface area contributed by atoms with Crippen molar-refractivity contribution in [2.24, 2.45) is 0 Å². The topological polar surface area (TPSA) is 91.3 Å². The van der Waals surface area contributed by atoms with Gasteiger partial charge in [-0.1, -0.05) is 0 Å². The van der Waals surface area contributed by atoms with Gasteiger partial charge in [-0.25, -0.2) is 14.6 Å². The number of likely N-dealkylation sites (tertiary alicyclic amines) is 1. The smallest absolute Gasteiger partial charge is 0.164 e. The SMILES string of the molecule is COc1ccc(Oc2ccc(-c3nn(C4CCN(C(C)(C)C)CC4)c4ncnc(N)c34)cc2)cc1. The van der Waals surface area contributed by atoms with E-state index >= 15 is 0 Å². The molecule has 0 saturated carbocycles. The first-order valence-electron chi connectivity index (χ1n) is 12.0. The summed E-state index contributed by atoms with van der Waals surface area (Å²) in [5.41, 5.74) is 9.03. The third-order valence-corrected chi connectivity index (χ3v) is 6.70. The number of benzene rings is 2. The van der Waals surface area contributed by atoms with Gasteiger partial charge >= 0.3 is 0 Å². The van der Waals surface area contributed by atoms with E-state index in [-0.39, 0.29) is 11.6 Å². The number of nitrogens with zero attached hydrogens (tertiary/aromatic N) is 5. The first kappa shape index (κ1) is 23.1. The van der Waals surface area contributed by atoms with Crippen LogP contribution in [0.1, 0.15) is 39.7 Å². The van der Waals surface area contributed by atoms with Crippen LogP contribution in [0.5, 0.6) is 17.2 Å². The van der Waals surface area contributed by atoms with Crippen molar-refractivity contribution in [2.75, 3.05) is 25.9 Å². The molecule has 8 heteroatoms. The van der Waals surface area contributed by atoms with Crippen molar-refractivity contribution in [3.8, 4) is 28.5 Å². The van der Waals surface area contributed by atoms with Crippen molar-refractivity contribution in [1.29, 1.82) is 0 Å². The number of hydrogen-bond donors (Lipinski definition) is 1. The maximum absolute atomic E-state index is 6.32. The first-order valence-corrected chi connectivity index (χ1v) is 12.0. The largest absolute Gasteiger partial charge is 0.497 e. The molecule has 0 aliphatic carbocycles. The van der Waals surface area contributed by atoms with Crippen LogP contribution in [0.15, 0.2) is 54.9 Å². The second kappa shape index (κ2) is 9.19. The first-order chi connectivity index (χ1) is 16.8. The molecule has 1 aliphatic heterocycles. The minimum absolute atomic E-state index is 0.171. The van der Waals surface area contributed by atoms with Gasteiger partial charge in [0.2, 0.25) is 0 Å². The molecular formula is C27H32N6O2. The molecule has 8 nitrogen and oxygen atoms in total. The molecule has 182 valence electrons. The molecule has 1 saturated heterocycles. The Kier molecular flexibility index (Phi) is 6.06. The third-order valence-electron chi connectivity index (χ3n) is 6.70. The average Bonchev–Trinajstić information content (AvgIpc) is 3.26. The second-order valence-corrected chi connectivity index (χ2v) is 9.94. The van der Waals surface area contributed by atoms with Crippen molar-refractivity contribution in [1.82, 2.24) is 24.6 Å². The molecule has 0 unspecified atom stereocenters. The number of ether oxygens (including phenoxy) is 2. The Morgan fingerprint density at radius 3 is 2.09 bits per heavy atom. The van der Waals surface area contributed by atoms with E-state index in [2.05, 4.69) is 40.3 Å². The standard InChI is InChI=1S/C27H32N6O2/c1-27(2,3)32-15-13-19(14-16-32)33-26-23(25(28)29-17-30-26)24(31-33)18-5-7-21(8-6-18)35-22-11-9-20(34-4)10-12-22/h5-12,17,19H,13-16H2,1-4H3,(H2,28,29,30). The number of nitrogen functional groups attached to an aromatic ring is 1. The average molecular weight is 473 g/mol.